The van der Waals surface area contributed by atoms with Crippen molar-refractivity contribution in [3.05, 3.63) is 42.5 Å². The Morgan fingerprint density at radius 2 is 1.94 bits per heavy atom. The molecule has 3 atom stereocenters. The molecule has 1 aliphatic rings. The van der Waals surface area contributed by atoms with Crippen molar-refractivity contribution in [3.63, 3.8) is 0 Å². The van der Waals surface area contributed by atoms with Crippen LogP contribution in [0.4, 0.5) is 0 Å². The molecule has 98 valence electrons. The summed E-state index contributed by atoms with van der Waals surface area (Å²) in [6.45, 7) is 9.84. The number of benzene rings is 1. The van der Waals surface area contributed by atoms with Crippen molar-refractivity contribution in [1.29, 1.82) is 0 Å². The second-order valence-electron chi connectivity index (χ2n) is 5.85. The fourth-order valence-electron chi connectivity index (χ4n) is 3.00. The summed E-state index contributed by atoms with van der Waals surface area (Å²) >= 11 is 0. The highest BCUT2D eigenvalue weighted by Crippen LogP contribution is 2.28. The highest BCUT2D eigenvalue weighted by Gasteiger charge is 2.24. The van der Waals surface area contributed by atoms with Crippen molar-refractivity contribution in [3.8, 4) is 0 Å². The Morgan fingerprint density at radius 1 is 1.22 bits per heavy atom. The van der Waals surface area contributed by atoms with Gasteiger partial charge in [-0.15, -0.1) is 0 Å². The third kappa shape index (κ3) is 3.46. The third-order valence-corrected chi connectivity index (χ3v) is 4.19. The summed E-state index contributed by atoms with van der Waals surface area (Å²) in [7, 11) is 0. The maximum Gasteiger partial charge on any atom is 0.0208 e. The van der Waals surface area contributed by atoms with E-state index in [1.165, 1.54) is 30.4 Å². The molecule has 1 saturated carbocycles. The number of hydrogen-bond acceptors (Lipinski definition) is 1. The van der Waals surface area contributed by atoms with E-state index < -0.39 is 0 Å². The molecule has 0 saturated heterocycles. The average molecular weight is 243 g/mol. The minimum atomic E-state index is 0.668. The first-order chi connectivity index (χ1) is 8.66. The highest BCUT2D eigenvalue weighted by molar-refractivity contribution is 5.64. The van der Waals surface area contributed by atoms with E-state index in [1.54, 1.807) is 0 Å². The lowest BCUT2D eigenvalue weighted by atomic mass is 9.80. The Labute approximate surface area is 111 Å². The van der Waals surface area contributed by atoms with Crippen molar-refractivity contribution in [2.75, 3.05) is 6.54 Å². The van der Waals surface area contributed by atoms with E-state index in [1.807, 2.05) is 0 Å². The van der Waals surface area contributed by atoms with Gasteiger partial charge in [0.25, 0.3) is 0 Å². The molecule has 0 heterocycles. The maximum atomic E-state index is 4.19. The van der Waals surface area contributed by atoms with Gasteiger partial charge < -0.3 is 5.32 Å². The molecule has 1 aromatic carbocycles. The Hall–Kier alpha value is -1.08. The van der Waals surface area contributed by atoms with E-state index in [-0.39, 0.29) is 0 Å². The highest BCUT2D eigenvalue weighted by atomic mass is 14.9. The Kier molecular flexibility index (Phi) is 4.60. The summed E-state index contributed by atoms with van der Waals surface area (Å²) in [5.74, 6) is 1.69. The summed E-state index contributed by atoms with van der Waals surface area (Å²) < 4.78 is 0. The standard InChI is InChI=1S/C17H25N/c1-13-9-10-17(14(2)11-13)18-12-15(3)16-7-5-4-6-8-16/h4-8,13-14,17-18H,3,9-12H2,1-2H3. The Morgan fingerprint density at radius 3 is 2.61 bits per heavy atom. The van der Waals surface area contributed by atoms with Crippen molar-refractivity contribution >= 4 is 5.57 Å². The van der Waals surface area contributed by atoms with Crippen molar-refractivity contribution in [2.45, 2.75) is 39.2 Å². The molecule has 1 aliphatic carbocycles. The molecule has 0 bridgehead atoms. The Balaban J connectivity index is 1.83. The van der Waals surface area contributed by atoms with Crippen LogP contribution in [0.3, 0.4) is 0 Å². The first kappa shape index (κ1) is 13.4. The van der Waals surface area contributed by atoms with Crippen LogP contribution in [0, 0.1) is 11.8 Å². The lowest BCUT2D eigenvalue weighted by Gasteiger charge is -2.33. The van der Waals surface area contributed by atoms with Gasteiger partial charge >= 0.3 is 0 Å². The van der Waals surface area contributed by atoms with Crippen LogP contribution >= 0.6 is 0 Å². The largest absolute Gasteiger partial charge is 0.310 e. The fourth-order valence-corrected chi connectivity index (χ4v) is 3.00. The van der Waals surface area contributed by atoms with Crippen LogP contribution in [-0.4, -0.2) is 12.6 Å². The zero-order chi connectivity index (χ0) is 13.0. The molecule has 1 aromatic rings. The average Bonchev–Trinajstić information content (AvgIpc) is 2.38. The first-order valence-electron chi connectivity index (χ1n) is 7.13. The molecule has 1 heteroatoms. The van der Waals surface area contributed by atoms with Crippen LogP contribution < -0.4 is 5.32 Å². The second-order valence-corrected chi connectivity index (χ2v) is 5.85. The van der Waals surface area contributed by atoms with E-state index in [4.69, 9.17) is 0 Å². The smallest absolute Gasteiger partial charge is 0.0208 e. The molecule has 0 radical (unpaired) electrons. The lowest BCUT2D eigenvalue weighted by Crippen LogP contribution is -2.39. The van der Waals surface area contributed by atoms with Gasteiger partial charge in [-0.2, -0.15) is 0 Å². The van der Waals surface area contributed by atoms with E-state index >= 15 is 0 Å². The summed E-state index contributed by atoms with van der Waals surface area (Å²) in [5.41, 5.74) is 2.45. The van der Waals surface area contributed by atoms with Crippen LogP contribution in [0.2, 0.25) is 0 Å². The summed E-state index contributed by atoms with van der Waals surface area (Å²) in [4.78, 5) is 0. The molecular weight excluding hydrogens is 218 g/mol. The summed E-state index contributed by atoms with van der Waals surface area (Å²) in [5, 5.41) is 3.69. The van der Waals surface area contributed by atoms with Gasteiger partial charge in [-0.1, -0.05) is 50.8 Å². The quantitative estimate of drug-likeness (QED) is 0.839. The predicted molar refractivity (Wildman–Crippen MR) is 79.4 cm³/mol. The van der Waals surface area contributed by atoms with Crippen LogP contribution in [0.5, 0.6) is 0 Å². The van der Waals surface area contributed by atoms with Gasteiger partial charge in [0.2, 0.25) is 0 Å². The molecule has 18 heavy (non-hydrogen) atoms. The number of rotatable bonds is 4. The molecule has 0 aliphatic heterocycles. The first-order valence-corrected chi connectivity index (χ1v) is 7.13. The monoisotopic (exact) mass is 243 g/mol. The van der Waals surface area contributed by atoms with E-state index in [0.717, 1.165) is 18.4 Å². The fraction of sp³-hybridized carbons (Fsp3) is 0.529. The van der Waals surface area contributed by atoms with Crippen LogP contribution in [0.15, 0.2) is 36.9 Å². The molecular formula is C17H25N. The number of nitrogens with one attached hydrogen (secondary N) is 1. The van der Waals surface area contributed by atoms with Crippen LogP contribution in [0.1, 0.15) is 38.7 Å². The van der Waals surface area contributed by atoms with Gasteiger partial charge in [0, 0.05) is 12.6 Å². The van der Waals surface area contributed by atoms with Crippen LogP contribution in [-0.2, 0) is 0 Å². The van der Waals surface area contributed by atoms with E-state index in [2.05, 4.69) is 56.1 Å². The molecule has 0 amide bonds. The molecule has 2 rings (SSSR count). The third-order valence-electron chi connectivity index (χ3n) is 4.19. The van der Waals surface area contributed by atoms with Gasteiger partial charge in [0.15, 0.2) is 0 Å². The van der Waals surface area contributed by atoms with Gasteiger partial charge in [0.1, 0.15) is 0 Å². The van der Waals surface area contributed by atoms with Gasteiger partial charge in [0.05, 0.1) is 0 Å². The lowest BCUT2D eigenvalue weighted by molar-refractivity contribution is 0.233. The molecule has 3 unspecified atom stereocenters. The van der Waals surface area contributed by atoms with Gasteiger partial charge in [-0.05, 0) is 42.2 Å². The molecule has 0 aromatic heterocycles. The molecule has 0 spiro atoms. The second kappa shape index (κ2) is 6.19. The minimum absolute atomic E-state index is 0.668. The Bertz CT molecular complexity index is 382. The zero-order valence-electron chi connectivity index (χ0n) is 11.7. The SMILES string of the molecule is C=C(CNC1CCC(C)CC1C)c1ccccc1. The van der Waals surface area contributed by atoms with Crippen molar-refractivity contribution < 1.29 is 0 Å². The molecule has 1 nitrogen and oxygen atoms in total. The molecule has 1 N–H and O–H groups in total. The summed E-state index contributed by atoms with van der Waals surface area (Å²) in [6, 6.07) is 11.1. The van der Waals surface area contributed by atoms with Gasteiger partial charge in [-0.3, -0.25) is 0 Å². The maximum absolute atomic E-state index is 4.19. The predicted octanol–water partition coefficient (Wildman–Crippen LogP) is 4.11. The summed E-state index contributed by atoms with van der Waals surface area (Å²) in [6.07, 6.45) is 4.03. The normalized spacial score (nSPS) is 28.0. The topological polar surface area (TPSA) is 12.0 Å². The van der Waals surface area contributed by atoms with E-state index in [9.17, 15) is 0 Å². The van der Waals surface area contributed by atoms with Gasteiger partial charge in [-0.25, -0.2) is 0 Å². The van der Waals surface area contributed by atoms with Crippen molar-refractivity contribution in [2.24, 2.45) is 11.8 Å². The zero-order valence-corrected chi connectivity index (χ0v) is 11.7. The van der Waals surface area contributed by atoms with Crippen LogP contribution in [0.25, 0.3) is 5.57 Å². The van der Waals surface area contributed by atoms with E-state index in [0.29, 0.717) is 6.04 Å². The minimum Gasteiger partial charge on any atom is -0.310 e. The van der Waals surface area contributed by atoms with Crippen molar-refractivity contribution in [1.82, 2.24) is 5.32 Å². The molecule has 1 fully saturated rings. The number of hydrogen-bond donors (Lipinski definition) is 1.